The number of guanidine groups is 1. The van der Waals surface area contributed by atoms with E-state index in [1.165, 1.54) is 0 Å². The van der Waals surface area contributed by atoms with Gasteiger partial charge in [0.1, 0.15) is 5.75 Å². The van der Waals surface area contributed by atoms with E-state index in [0.717, 1.165) is 16.8 Å². The van der Waals surface area contributed by atoms with Gasteiger partial charge in [-0.25, -0.2) is 9.97 Å². The Hall–Kier alpha value is -3.48. The van der Waals surface area contributed by atoms with Gasteiger partial charge < -0.3 is 10.5 Å². The SMILES string of the molecule is CCOc1ccc2c(C)nc(/N=C(\N)NC(=O)c3ccccc3)nc2c1. The lowest BCUT2D eigenvalue weighted by Gasteiger charge is -2.07. The lowest BCUT2D eigenvalue weighted by Crippen LogP contribution is -2.36. The van der Waals surface area contributed by atoms with Crippen molar-refractivity contribution in [1.82, 2.24) is 15.3 Å². The lowest BCUT2D eigenvalue weighted by atomic mass is 10.2. The Morgan fingerprint density at radius 3 is 2.69 bits per heavy atom. The second-order valence-electron chi connectivity index (χ2n) is 5.54. The van der Waals surface area contributed by atoms with E-state index >= 15 is 0 Å². The van der Waals surface area contributed by atoms with E-state index in [1.54, 1.807) is 24.3 Å². The number of aromatic nitrogens is 2. The maximum atomic E-state index is 12.1. The molecule has 0 saturated carbocycles. The van der Waals surface area contributed by atoms with E-state index in [9.17, 15) is 4.79 Å². The molecule has 0 bridgehead atoms. The van der Waals surface area contributed by atoms with Gasteiger partial charge in [0.2, 0.25) is 5.96 Å². The Labute approximate surface area is 150 Å². The molecule has 1 amide bonds. The maximum Gasteiger partial charge on any atom is 0.257 e. The Bertz CT molecular complexity index is 970. The fraction of sp³-hybridized carbons (Fsp3) is 0.158. The number of carbonyl (C=O) groups excluding carboxylic acids is 1. The van der Waals surface area contributed by atoms with Gasteiger partial charge in [-0.2, -0.15) is 4.99 Å². The Balaban J connectivity index is 1.86. The minimum absolute atomic E-state index is 0.0708. The van der Waals surface area contributed by atoms with E-state index in [-0.39, 0.29) is 17.8 Å². The molecule has 1 heterocycles. The van der Waals surface area contributed by atoms with Crippen LogP contribution in [0.3, 0.4) is 0 Å². The summed E-state index contributed by atoms with van der Waals surface area (Å²) < 4.78 is 5.50. The Morgan fingerprint density at radius 2 is 1.96 bits per heavy atom. The van der Waals surface area contributed by atoms with E-state index in [2.05, 4.69) is 20.3 Å². The summed E-state index contributed by atoms with van der Waals surface area (Å²) in [4.78, 5) is 24.9. The highest BCUT2D eigenvalue weighted by Crippen LogP contribution is 2.23. The summed E-state index contributed by atoms with van der Waals surface area (Å²) >= 11 is 0. The average Bonchev–Trinajstić information content (AvgIpc) is 2.62. The third kappa shape index (κ3) is 3.94. The molecule has 3 rings (SSSR count). The molecule has 0 unspecified atom stereocenters. The van der Waals surface area contributed by atoms with Crippen LogP contribution in [0.5, 0.6) is 5.75 Å². The molecule has 0 radical (unpaired) electrons. The lowest BCUT2D eigenvalue weighted by molar-refractivity contribution is 0.0976. The van der Waals surface area contributed by atoms with Crippen LogP contribution >= 0.6 is 0 Å². The zero-order valence-electron chi connectivity index (χ0n) is 14.6. The molecule has 0 fully saturated rings. The molecular weight excluding hydrogens is 330 g/mol. The van der Waals surface area contributed by atoms with Crippen molar-refractivity contribution in [3.05, 3.63) is 59.8 Å². The molecule has 0 spiro atoms. The second-order valence-corrected chi connectivity index (χ2v) is 5.54. The van der Waals surface area contributed by atoms with Gasteiger partial charge in [-0.05, 0) is 38.1 Å². The van der Waals surface area contributed by atoms with Crippen LogP contribution in [-0.2, 0) is 0 Å². The van der Waals surface area contributed by atoms with E-state index in [0.29, 0.717) is 17.7 Å². The minimum Gasteiger partial charge on any atom is -0.494 e. The number of fused-ring (bicyclic) bond motifs is 1. The van der Waals surface area contributed by atoms with Gasteiger partial charge in [0.15, 0.2) is 0 Å². The first kappa shape index (κ1) is 17.3. The number of hydrogen-bond acceptors (Lipinski definition) is 5. The van der Waals surface area contributed by atoms with Crippen molar-refractivity contribution in [2.45, 2.75) is 13.8 Å². The molecule has 0 aliphatic rings. The molecule has 0 aliphatic heterocycles. The van der Waals surface area contributed by atoms with E-state index in [1.807, 2.05) is 38.1 Å². The topological polar surface area (TPSA) is 102 Å². The summed E-state index contributed by atoms with van der Waals surface area (Å²) in [6.45, 7) is 4.35. The molecule has 0 saturated heterocycles. The van der Waals surface area contributed by atoms with Gasteiger partial charge in [0.05, 0.1) is 17.8 Å². The van der Waals surface area contributed by atoms with Crippen molar-refractivity contribution in [2.24, 2.45) is 10.7 Å². The van der Waals surface area contributed by atoms with Crippen molar-refractivity contribution >= 4 is 28.7 Å². The minimum atomic E-state index is -0.344. The van der Waals surface area contributed by atoms with Crippen molar-refractivity contribution in [3.8, 4) is 5.75 Å². The maximum absolute atomic E-state index is 12.1. The van der Waals surface area contributed by atoms with Crippen LogP contribution in [0.1, 0.15) is 23.0 Å². The number of nitrogens with zero attached hydrogens (tertiary/aromatic N) is 3. The highest BCUT2D eigenvalue weighted by atomic mass is 16.5. The number of hydrogen-bond donors (Lipinski definition) is 2. The predicted octanol–water partition coefficient (Wildman–Crippen LogP) is 2.71. The van der Waals surface area contributed by atoms with Crippen LogP contribution in [0.4, 0.5) is 5.95 Å². The second kappa shape index (κ2) is 7.60. The molecule has 1 aromatic heterocycles. The first-order chi connectivity index (χ1) is 12.6. The highest BCUT2D eigenvalue weighted by Gasteiger charge is 2.09. The molecule has 26 heavy (non-hydrogen) atoms. The van der Waals surface area contributed by atoms with Gasteiger partial charge in [-0.3, -0.25) is 10.1 Å². The smallest absolute Gasteiger partial charge is 0.257 e. The largest absolute Gasteiger partial charge is 0.494 e. The van der Waals surface area contributed by atoms with Gasteiger partial charge in [0, 0.05) is 17.0 Å². The van der Waals surface area contributed by atoms with Crippen LogP contribution in [0.25, 0.3) is 10.9 Å². The monoisotopic (exact) mass is 349 g/mol. The van der Waals surface area contributed by atoms with Gasteiger partial charge in [-0.15, -0.1) is 0 Å². The number of nitrogens with two attached hydrogens (primary N) is 1. The molecule has 132 valence electrons. The van der Waals surface area contributed by atoms with E-state index < -0.39 is 0 Å². The van der Waals surface area contributed by atoms with Crippen LogP contribution in [0.2, 0.25) is 0 Å². The van der Waals surface area contributed by atoms with Crippen LogP contribution in [-0.4, -0.2) is 28.4 Å². The molecular formula is C19H19N5O2. The fourth-order valence-electron chi connectivity index (χ4n) is 2.47. The Kier molecular flexibility index (Phi) is 5.07. The van der Waals surface area contributed by atoms with Crippen LogP contribution in [0.15, 0.2) is 53.5 Å². The molecule has 3 N–H and O–H groups in total. The number of ether oxygens (including phenoxy) is 1. The number of rotatable bonds is 4. The standard InChI is InChI=1S/C19H19N5O2/c1-3-26-14-9-10-15-12(2)21-19(22-16(15)11-14)24-18(20)23-17(25)13-7-5-4-6-8-13/h4-11H,3H2,1-2H3,(H3,20,21,22,23,24,25). The first-order valence-electron chi connectivity index (χ1n) is 8.18. The van der Waals surface area contributed by atoms with Crippen LogP contribution < -0.4 is 15.8 Å². The van der Waals surface area contributed by atoms with Gasteiger partial charge in [-0.1, -0.05) is 18.2 Å². The van der Waals surface area contributed by atoms with Crippen molar-refractivity contribution in [1.29, 1.82) is 0 Å². The number of benzene rings is 2. The highest BCUT2D eigenvalue weighted by molar-refractivity contribution is 6.05. The summed E-state index contributed by atoms with van der Waals surface area (Å²) in [7, 11) is 0. The zero-order valence-corrected chi connectivity index (χ0v) is 14.6. The quantitative estimate of drug-likeness (QED) is 0.557. The summed E-state index contributed by atoms with van der Waals surface area (Å²) in [5, 5.41) is 3.43. The zero-order chi connectivity index (χ0) is 18.5. The summed E-state index contributed by atoms with van der Waals surface area (Å²) in [5.74, 6) is 0.481. The van der Waals surface area contributed by atoms with E-state index in [4.69, 9.17) is 10.5 Å². The Morgan fingerprint density at radius 1 is 1.19 bits per heavy atom. The summed E-state index contributed by atoms with van der Waals surface area (Å²) in [6.07, 6.45) is 0. The van der Waals surface area contributed by atoms with Crippen LogP contribution in [0, 0.1) is 6.92 Å². The molecule has 2 aromatic carbocycles. The number of aliphatic imine (C=N–C) groups is 1. The first-order valence-corrected chi connectivity index (χ1v) is 8.18. The predicted molar refractivity (Wildman–Crippen MR) is 101 cm³/mol. The normalized spacial score (nSPS) is 11.4. The molecule has 0 aliphatic carbocycles. The average molecular weight is 349 g/mol. The number of aryl methyl sites for hydroxylation is 1. The van der Waals surface area contributed by atoms with Crippen molar-refractivity contribution in [2.75, 3.05) is 6.61 Å². The summed E-state index contributed by atoms with van der Waals surface area (Å²) in [5.41, 5.74) is 7.78. The fourth-order valence-corrected chi connectivity index (χ4v) is 2.47. The number of nitrogens with one attached hydrogen (secondary N) is 1. The van der Waals surface area contributed by atoms with Crippen molar-refractivity contribution in [3.63, 3.8) is 0 Å². The van der Waals surface area contributed by atoms with Crippen molar-refractivity contribution < 1.29 is 9.53 Å². The summed E-state index contributed by atoms with van der Waals surface area (Å²) in [6, 6.07) is 14.4. The number of amides is 1. The molecule has 3 aromatic rings. The molecule has 7 heteroatoms. The molecule has 0 atom stereocenters. The third-order valence-electron chi connectivity index (χ3n) is 3.66. The van der Waals surface area contributed by atoms with Gasteiger partial charge >= 0.3 is 0 Å². The van der Waals surface area contributed by atoms with Gasteiger partial charge in [0.25, 0.3) is 11.9 Å². The number of carbonyl (C=O) groups is 1. The third-order valence-corrected chi connectivity index (χ3v) is 3.66. The molecule has 7 nitrogen and oxygen atoms in total.